The minimum Gasteiger partial charge on any atom is -1.00 e. The van der Waals surface area contributed by atoms with Gasteiger partial charge in [-0.05, 0) is 48.5 Å². The van der Waals surface area contributed by atoms with Crippen LogP contribution in [0.1, 0.15) is 44.8 Å². The molecule has 2 aliphatic rings. The van der Waals surface area contributed by atoms with Crippen molar-refractivity contribution in [3.8, 4) is 44.8 Å². The van der Waals surface area contributed by atoms with Crippen LogP contribution in [0.2, 0.25) is 10.0 Å². The number of morpholine rings is 2. The van der Waals surface area contributed by atoms with E-state index < -0.39 is 33.6 Å². The third-order valence-corrected chi connectivity index (χ3v) is 14.6. The minimum absolute atomic E-state index is 0. The van der Waals surface area contributed by atoms with Gasteiger partial charge in [-0.15, -0.1) is 22.7 Å². The van der Waals surface area contributed by atoms with Crippen LogP contribution >= 0.6 is 45.9 Å². The summed E-state index contributed by atoms with van der Waals surface area (Å²) in [4.78, 5) is 14.7. The molecule has 0 aliphatic carbocycles. The van der Waals surface area contributed by atoms with Crippen molar-refractivity contribution in [2.75, 3.05) is 85.2 Å². The number of halogens is 8. The summed E-state index contributed by atoms with van der Waals surface area (Å²) in [5.41, 5.74) is 1.07. The normalized spacial score (nSPS) is 14.2. The van der Waals surface area contributed by atoms with Gasteiger partial charge in [0.2, 0.25) is 0 Å². The summed E-state index contributed by atoms with van der Waals surface area (Å²) in [5.74, 6) is 0.858. The fourth-order valence-electron chi connectivity index (χ4n) is 7.03. The number of nitriles is 2. The van der Waals surface area contributed by atoms with Crippen molar-refractivity contribution in [2.24, 2.45) is 0 Å². The number of β-amino-alcohol motifs (C(OH)–C–C–N with tert-alkyl or cyclic N) is 1. The van der Waals surface area contributed by atoms with Crippen LogP contribution in [0.15, 0.2) is 84.9 Å². The number of nitrogens with zero attached hydrogens (tertiary/aromatic N) is 6. The van der Waals surface area contributed by atoms with Gasteiger partial charge >= 0.3 is 41.9 Å². The molecule has 2 aliphatic heterocycles. The number of aliphatic hydroxyl groups excluding tert-OH is 1. The van der Waals surface area contributed by atoms with Crippen molar-refractivity contribution < 1.29 is 98.7 Å². The van der Waals surface area contributed by atoms with Crippen LogP contribution in [-0.2, 0) is 67.3 Å². The van der Waals surface area contributed by atoms with Gasteiger partial charge in [-0.1, -0.05) is 47.5 Å². The molecule has 0 saturated carbocycles. The molecule has 0 unspecified atom stereocenters. The average Bonchev–Trinajstić information content (AvgIpc) is 4.03. The Labute approximate surface area is 488 Å². The number of benzene rings is 4. The summed E-state index contributed by atoms with van der Waals surface area (Å²) < 4.78 is 133. The summed E-state index contributed by atoms with van der Waals surface area (Å²) in [6.07, 6.45) is -7.97. The molecule has 0 amide bonds. The summed E-state index contributed by atoms with van der Waals surface area (Å²) in [6.45, 7) is 9.11. The van der Waals surface area contributed by atoms with E-state index in [0.717, 1.165) is 99.2 Å². The molecule has 2 aromatic heterocycles. The number of aliphatic hydroxyl groups is 1. The SMILES string of the molecule is CS(=O)(=O)OCc1nc(-c2ccc(C(F)(F)F)cc2)sc1COc1ccc(C#N)c(Cl)c1.N#Cc1ccc(OCc2sc(-c3ccc(C(F)(F)F)cc3)nc2COCCN2CCOCC2)cc1Cl.OCCN1CCOCC1.[H-].[Na+]. The maximum atomic E-state index is 13.0. The number of rotatable bonds is 18. The fourth-order valence-corrected chi connectivity index (χ4v) is 9.75. The maximum absolute atomic E-state index is 13.0. The third-order valence-electron chi connectivity index (χ3n) is 11.2. The van der Waals surface area contributed by atoms with E-state index in [9.17, 15) is 34.8 Å². The van der Waals surface area contributed by atoms with Crippen LogP contribution in [0.3, 0.4) is 0 Å². The Hall–Kier alpha value is -4.45. The van der Waals surface area contributed by atoms with Gasteiger partial charge in [0, 0.05) is 62.5 Å². The van der Waals surface area contributed by atoms with Gasteiger partial charge in [0.15, 0.2) is 0 Å². The quantitative estimate of drug-likeness (QED) is 0.0383. The maximum Gasteiger partial charge on any atom is 1.00 e. The second kappa shape index (κ2) is 30.9. The topological polar surface area (TPSA) is 190 Å². The van der Waals surface area contributed by atoms with Crippen LogP contribution in [0, 0.1) is 22.7 Å². The standard InChI is InChI=1S/C25H23ClF3N3O3S.C20H14ClF3N2O4S2.C6H13NO2.Na.H/c26-21-13-20(6-3-18(21)14-30)35-16-23-22(15-34-12-9-32-7-10-33-11-8-32)31-24(36-23)17-1-4-19(5-2-17)25(27,28)29;1-32(27,28)30-10-17-18(11-29-15-7-4-13(9-25)16(21)8-15)31-19(26-17)12-2-5-14(6-3-12)20(22,23)24;8-4-1-7-2-5-9-6-3-7;;/h1-6,13H,7-12,15-16H2;2-8H,10-11H2,1H3;8H,1-6H2;;/q;;;+1;-1. The predicted molar refractivity (Wildman–Crippen MR) is 278 cm³/mol. The monoisotopic (exact) mass is 1190 g/mol. The van der Waals surface area contributed by atoms with Crippen molar-refractivity contribution in [1.82, 2.24) is 19.8 Å². The number of aromatic nitrogens is 2. The molecular weight excluding hydrogens is 1140 g/mol. The molecule has 2 fully saturated rings. The number of hydrogen-bond donors (Lipinski definition) is 1. The van der Waals surface area contributed by atoms with Gasteiger partial charge in [-0.3, -0.25) is 14.0 Å². The number of thiazole rings is 2. The number of hydrogen-bond acceptors (Lipinski definition) is 17. The average molecular weight is 1200 g/mol. The zero-order chi connectivity index (χ0) is 55.6. The minimum atomic E-state index is -4.46. The van der Waals surface area contributed by atoms with Crippen LogP contribution in [0.4, 0.5) is 26.3 Å². The van der Waals surface area contributed by atoms with E-state index in [1.807, 2.05) is 12.1 Å². The van der Waals surface area contributed by atoms with E-state index in [0.29, 0.717) is 68.6 Å². The molecule has 0 radical (unpaired) electrons. The number of alkyl halides is 6. The molecule has 15 nitrogen and oxygen atoms in total. The Bertz CT molecular complexity index is 3060. The van der Waals surface area contributed by atoms with E-state index in [1.54, 1.807) is 24.3 Å². The van der Waals surface area contributed by atoms with Crippen LogP contribution in [0.5, 0.6) is 11.5 Å². The van der Waals surface area contributed by atoms with Gasteiger partial charge in [0.1, 0.15) is 53.5 Å². The molecular formula is C51H51Cl2F6N6NaO9S3. The molecule has 0 atom stereocenters. The first-order chi connectivity index (χ1) is 36.7. The Balaban J connectivity index is 0.000000288. The van der Waals surface area contributed by atoms with E-state index in [2.05, 4.69) is 19.8 Å². The van der Waals surface area contributed by atoms with Gasteiger partial charge < -0.3 is 30.2 Å². The number of ether oxygens (including phenoxy) is 5. The molecule has 0 bridgehead atoms. The Kier molecular flexibility index (Phi) is 25.5. The molecule has 78 heavy (non-hydrogen) atoms. The summed E-state index contributed by atoms with van der Waals surface area (Å²) in [7, 11) is -3.75. The molecule has 6 aromatic rings. The van der Waals surface area contributed by atoms with Gasteiger partial charge in [-0.2, -0.15) is 45.3 Å². The second-order valence-corrected chi connectivity index (χ2v) is 21.3. The molecule has 414 valence electrons. The van der Waals surface area contributed by atoms with E-state index in [1.165, 1.54) is 47.7 Å². The van der Waals surface area contributed by atoms with Crippen molar-refractivity contribution in [1.29, 1.82) is 10.5 Å². The Morgan fingerprint density at radius 2 is 1.08 bits per heavy atom. The third kappa shape index (κ3) is 20.6. The van der Waals surface area contributed by atoms with Gasteiger partial charge in [0.05, 0.1) is 106 Å². The zero-order valence-corrected chi connectivity index (χ0v) is 48.0. The largest absolute Gasteiger partial charge is 1.00 e. The predicted octanol–water partition coefficient (Wildman–Crippen LogP) is 7.62. The van der Waals surface area contributed by atoms with Gasteiger partial charge in [0.25, 0.3) is 10.1 Å². The first kappa shape index (κ1) is 64.4. The molecule has 0 spiro atoms. The van der Waals surface area contributed by atoms with Crippen molar-refractivity contribution >= 4 is 56.0 Å². The molecule has 4 aromatic carbocycles. The molecule has 2 saturated heterocycles. The van der Waals surface area contributed by atoms with Crippen LogP contribution in [0.25, 0.3) is 21.1 Å². The zero-order valence-electron chi connectivity index (χ0n) is 43.0. The molecule has 4 heterocycles. The van der Waals surface area contributed by atoms with Crippen LogP contribution in [-0.4, -0.2) is 118 Å². The molecule has 1 N–H and O–H groups in total. The summed E-state index contributed by atoms with van der Waals surface area (Å²) in [6, 6.07) is 22.6. The summed E-state index contributed by atoms with van der Waals surface area (Å²) in [5, 5.41) is 28.0. The first-order valence-electron chi connectivity index (χ1n) is 23.3. The fraction of sp³-hybridized carbons (Fsp3) is 0.373. The van der Waals surface area contributed by atoms with Crippen LogP contribution < -0.4 is 39.0 Å². The molecule has 27 heteroatoms. The van der Waals surface area contributed by atoms with E-state index in [4.69, 9.17) is 66.7 Å². The first-order valence-corrected chi connectivity index (χ1v) is 27.5. The van der Waals surface area contributed by atoms with Gasteiger partial charge in [-0.25, -0.2) is 9.97 Å². The summed E-state index contributed by atoms with van der Waals surface area (Å²) >= 11 is 14.6. The van der Waals surface area contributed by atoms with Crippen molar-refractivity contribution in [3.05, 3.63) is 138 Å². The van der Waals surface area contributed by atoms with E-state index in [-0.39, 0.29) is 85.3 Å². The molecule has 8 rings (SSSR count). The Morgan fingerprint density at radius 3 is 1.45 bits per heavy atom. The Morgan fingerprint density at radius 1 is 0.667 bits per heavy atom. The smallest absolute Gasteiger partial charge is 1.00 e. The van der Waals surface area contributed by atoms with Crippen molar-refractivity contribution in [3.63, 3.8) is 0 Å². The second-order valence-electron chi connectivity index (χ2n) is 16.7. The van der Waals surface area contributed by atoms with E-state index >= 15 is 0 Å². The van der Waals surface area contributed by atoms with Crippen molar-refractivity contribution in [2.45, 2.75) is 38.8 Å².